The van der Waals surface area contributed by atoms with Crippen molar-refractivity contribution in [3.63, 3.8) is 0 Å². The van der Waals surface area contributed by atoms with Crippen molar-refractivity contribution in [3.05, 3.63) is 35.0 Å². The maximum absolute atomic E-state index is 6.07. The molecule has 0 amide bonds. The Bertz CT molecular complexity index is 501. The van der Waals surface area contributed by atoms with Crippen LogP contribution in [0.4, 0.5) is 0 Å². The van der Waals surface area contributed by atoms with Gasteiger partial charge < -0.3 is 4.74 Å². The summed E-state index contributed by atoms with van der Waals surface area (Å²) in [6, 6.07) is 7.56. The summed E-state index contributed by atoms with van der Waals surface area (Å²) < 4.78 is 5.25. The summed E-state index contributed by atoms with van der Waals surface area (Å²) in [5.41, 5.74) is 1.77. The second kappa shape index (κ2) is 4.37. The van der Waals surface area contributed by atoms with Gasteiger partial charge in [-0.05, 0) is 24.3 Å². The lowest BCUT2D eigenvalue weighted by atomic mass is 10.2. The summed E-state index contributed by atoms with van der Waals surface area (Å²) in [6.07, 6.45) is 0. The van der Waals surface area contributed by atoms with Crippen LogP contribution in [0.3, 0.4) is 0 Å². The first-order valence-electron chi connectivity index (χ1n) is 4.44. The minimum absolute atomic E-state index is 0.694. The van der Waals surface area contributed by atoms with Gasteiger partial charge in [0.2, 0.25) is 0 Å². The Morgan fingerprint density at radius 1 is 1.33 bits per heavy atom. The molecule has 2 aromatic rings. The van der Waals surface area contributed by atoms with E-state index in [1.54, 1.807) is 7.11 Å². The van der Waals surface area contributed by atoms with E-state index < -0.39 is 0 Å². The molecule has 0 atom stereocenters. The van der Waals surface area contributed by atoms with Crippen molar-refractivity contribution in [2.24, 2.45) is 0 Å². The number of hydrogen-bond acceptors (Lipinski definition) is 2. The summed E-state index contributed by atoms with van der Waals surface area (Å²) in [5.74, 6) is 0.747. The zero-order valence-corrected chi connectivity index (χ0v) is 10.5. The number of hydrogen-bond donors (Lipinski definition) is 0. The van der Waals surface area contributed by atoms with Gasteiger partial charge in [0.1, 0.15) is 11.3 Å². The molecule has 0 fully saturated rings. The van der Waals surface area contributed by atoms with Crippen LogP contribution in [0.5, 0.6) is 5.75 Å². The van der Waals surface area contributed by atoms with Crippen LogP contribution in [0.25, 0.3) is 10.9 Å². The molecule has 0 aliphatic heterocycles. The number of rotatable bonds is 2. The van der Waals surface area contributed by atoms with Crippen molar-refractivity contribution in [2.45, 2.75) is 5.33 Å². The zero-order valence-electron chi connectivity index (χ0n) is 8.13. The van der Waals surface area contributed by atoms with Crippen LogP contribution in [0.2, 0.25) is 5.02 Å². The summed E-state index contributed by atoms with van der Waals surface area (Å²) in [6.45, 7) is 0. The number of fused-ring (bicyclic) bond motifs is 1. The summed E-state index contributed by atoms with van der Waals surface area (Å²) in [5, 5.41) is 2.33. The van der Waals surface area contributed by atoms with Gasteiger partial charge in [-0.1, -0.05) is 27.5 Å². The largest absolute Gasteiger partial charge is 0.494 e. The first-order valence-corrected chi connectivity index (χ1v) is 5.94. The van der Waals surface area contributed by atoms with Gasteiger partial charge in [0, 0.05) is 10.7 Å². The summed E-state index contributed by atoms with van der Waals surface area (Å²) >= 11 is 9.45. The van der Waals surface area contributed by atoms with Crippen LogP contribution in [0, 0.1) is 0 Å². The smallest absolute Gasteiger partial charge is 0.145 e. The van der Waals surface area contributed by atoms with Gasteiger partial charge in [0.05, 0.1) is 17.8 Å². The predicted molar refractivity (Wildman–Crippen MR) is 65.9 cm³/mol. The fourth-order valence-electron chi connectivity index (χ4n) is 1.44. The molecule has 1 aromatic heterocycles. The van der Waals surface area contributed by atoms with Crippen LogP contribution in [0.1, 0.15) is 5.69 Å². The molecule has 0 unspecified atom stereocenters. The third-order valence-electron chi connectivity index (χ3n) is 2.18. The molecule has 78 valence electrons. The molecule has 0 spiro atoms. The van der Waals surface area contributed by atoms with Crippen LogP contribution >= 0.6 is 27.5 Å². The maximum atomic E-state index is 6.07. The van der Waals surface area contributed by atoms with Crippen molar-refractivity contribution >= 4 is 38.4 Å². The minimum atomic E-state index is 0.694. The average Bonchev–Trinajstić information content (AvgIpc) is 2.29. The molecule has 1 heterocycles. The third kappa shape index (κ3) is 1.94. The van der Waals surface area contributed by atoms with Gasteiger partial charge in [-0.3, -0.25) is 0 Å². The van der Waals surface area contributed by atoms with E-state index in [2.05, 4.69) is 20.9 Å². The highest BCUT2D eigenvalue weighted by atomic mass is 79.9. The third-order valence-corrected chi connectivity index (χ3v) is 3.09. The van der Waals surface area contributed by atoms with Crippen LogP contribution in [0.15, 0.2) is 24.3 Å². The molecule has 0 bridgehead atoms. The highest BCUT2D eigenvalue weighted by molar-refractivity contribution is 9.08. The van der Waals surface area contributed by atoms with Crippen molar-refractivity contribution in [1.82, 2.24) is 4.98 Å². The summed E-state index contributed by atoms with van der Waals surface area (Å²) in [7, 11) is 1.63. The Balaban J connectivity index is 2.77. The van der Waals surface area contributed by atoms with Crippen molar-refractivity contribution in [3.8, 4) is 5.75 Å². The Morgan fingerprint density at radius 2 is 2.13 bits per heavy atom. The van der Waals surface area contributed by atoms with Crippen LogP contribution in [-0.4, -0.2) is 12.1 Å². The van der Waals surface area contributed by atoms with E-state index in [9.17, 15) is 0 Å². The molecule has 4 heteroatoms. The lowest BCUT2D eigenvalue weighted by Crippen LogP contribution is -1.91. The standard InChI is InChI=1S/C11H9BrClNO/c1-15-10-5-4-9(13)8-3-2-7(6-12)14-11(8)10/h2-5H,6H2,1H3. The minimum Gasteiger partial charge on any atom is -0.494 e. The number of benzene rings is 1. The maximum Gasteiger partial charge on any atom is 0.145 e. The molecule has 2 nitrogen and oxygen atoms in total. The Morgan fingerprint density at radius 3 is 2.80 bits per heavy atom. The average molecular weight is 287 g/mol. The Kier molecular flexibility index (Phi) is 3.12. The monoisotopic (exact) mass is 285 g/mol. The second-order valence-electron chi connectivity index (χ2n) is 3.08. The highest BCUT2D eigenvalue weighted by Crippen LogP contribution is 2.30. The van der Waals surface area contributed by atoms with Gasteiger partial charge in [0.15, 0.2) is 0 Å². The van der Waals surface area contributed by atoms with Gasteiger partial charge in [-0.25, -0.2) is 4.98 Å². The van der Waals surface area contributed by atoms with Gasteiger partial charge in [-0.15, -0.1) is 0 Å². The highest BCUT2D eigenvalue weighted by Gasteiger charge is 2.07. The van der Waals surface area contributed by atoms with E-state index >= 15 is 0 Å². The molecule has 0 saturated heterocycles. The fraction of sp³-hybridized carbons (Fsp3) is 0.182. The quantitative estimate of drug-likeness (QED) is 0.784. The molecule has 0 aliphatic carbocycles. The zero-order chi connectivity index (χ0) is 10.8. The lowest BCUT2D eigenvalue weighted by molar-refractivity contribution is 0.419. The molecule has 0 N–H and O–H groups in total. The molecule has 15 heavy (non-hydrogen) atoms. The predicted octanol–water partition coefficient (Wildman–Crippen LogP) is 3.79. The van der Waals surface area contributed by atoms with Gasteiger partial charge >= 0.3 is 0 Å². The van der Waals surface area contributed by atoms with Gasteiger partial charge in [-0.2, -0.15) is 0 Å². The topological polar surface area (TPSA) is 22.1 Å². The van der Waals surface area contributed by atoms with E-state index in [0.29, 0.717) is 5.02 Å². The van der Waals surface area contributed by atoms with E-state index in [1.807, 2.05) is 24.3 Å². The number of pyridine rings is 1. The molecule has 2 rings (SSSR count). The molecule has 0 saturated carbocycles. The van der Waals surface area contributed by atoms with E-state index in [-0.39, 0.29) is 0 Å². The number of alkyl halides is 1. The Hall–Kier alpha value is -0.800. The number of aromatic nitrogens is 1. The number of ether oxygens (including phenoxy) is 1. The summed E-state index contributed by atoms with van der Waals surface area (Å²) in [4.78, 5) is 4.47. The van der Waals surface area contributed by atoms with Crippen molar-refractivity contribution in [2.75, 3.05) is 7.11 Å². The second-order valence-corrected chi connectivity index (χ2v) is 4.05. The van der Waals surface area contributed by atoms with Crippen molar-refractivity contribution < 1.29 is 4.74 Å². The molecular weight excluding hydrogens is 277 g/mol. The Labute approximate surface area is 101 Å². The van der Waals surface area contributed by atoms with E-state index in [0.717, 1.165) is 27.7 Å². The van der Waals surface area contributed by atoms with Crippen molar-refractivity contribution in [1.29, 1.82) is 0 Å². The molecule has 0 aliphatic rings. The first-order chi connectivity index (χ1) is 7.26. The molecular formula is C11H9BrClNO. The molecule has 1 aromatic carbocycles. The van der Waals surface area contributed by atoms with Crippen LogP contribution in [-0.2, 0) is 5.33 Å². The SMILES string of the molecule is COc1ccc(Cl)c2ccc(CBr)nc12. The number of nitrogens with zero attached hydrogens (tertiary/aromatic N) is 1. The fourth-order valence-corrected chi connectivity index (χ4v) is 1.96. The van der Waals surface area contributed by atoms with E-state index in [4.69, 9.17) is 16.3 Å². The van der Waals surface area contributed by atoms with Gasteiger partial charge in [0.25, 0.3) is 0 Å². The lowest BCUT2D eigenvalue weighted by Gasteiger charge is -2.07. The first kappa shape index (κ1) is 10.7. The number of methoxy groups -OCH3 is 1. The van der Waals surface area contributed by atoms with E-state index in [1.165, 1.54) is 0 Å². The number of halogens is 2. The normalized spacial score (nSPS) is 10.6. The molecule has 0 radical (unpaired) electrons. The van der Waals surface area contributed by atoms with Crippen LogP contribution < -0.4 is 4.74 Å².